The number of carbonyl (C=O) groups excluding carboxylic acids is 4. The van der Waals surface area contributed by atoms with Crippen molar-refractivity contribution in [3.63, 3.8) is 0 Å². The summed E-state index contributed by atoms with van der Waals surface area (Å²) in [4.78, 5) is 61.2. The minimum atomic E-state index is -1.45. The van der Waals surface area contributed by atoms with Crippen LogP contribution in [-0.2, 0) is 31.1 Å². The van der Waals surface area contributed by atoms with Gasteiger partial charge in [0.25, 0.3) is 5.91 Å². The average molecular weight is 557 g/mol. The van der Waals surface area contributed by atoms with Crippen LogP contribution in [0, 0.1) is 11.8 Å². The summed E-state index contributed by atoms with van der Waals surface area (Å²) in [6.07, 6.45) is 0.764. The summed E-state index contributed by atoms with van der Waals surface area (Å²) in [5.41, 5.74) is 2.27. The summed E-state index contributed by atoms with van der Waals surface area (Å²) >= 11 is 0. The molecule has 0 bridgehead atoms. The number of hydrogen-bond donors (Lipinski definition) is 1. The highest BCUT2D eigenvalue weighted by molar-refractivity contribution is 6.28. The van der Waals surface area contributed by atoms with Gasteiger partial charge in [0.15, 0.2) is 0 Å². The molecule has 4 aromatic rings. The van der Waals surface area contributed by atoms with Crippen molar-refractivity contribution in [1.29, 1.82) is 0 Å². The predicted octanol–water partition coefficient (Wildman–Crippen LogP) is 3.77. The lowest BCUT2D eigenvalue weighted by atomic mass is 9.76. The van der Waals surface area contributed by atoms with Crippen molar-refractivity contribution in [3.8, 4) is 0 Å². The molecule has 8 rings (SSSR count). The molecule has 1 N–H and O–H groups in total. The Kier molecular flexibility index (Phi) is 5.25. The second-order valence-corrected chi connectivity index (χ2v) is 11.6. The standard InChI is InChI=1S/C34H28N4O4/c1-20-29-30(32(41)38(31(29)40)26-16-8-11-21-9-2-4-12-23(21)26)34(35-20)24-13-5-7-15-27(24)37(33(34)42)19-28(39)36-18-17-22-10-3-6-14-25(22)36/h2-16,20,29-30,35H,17-19H2,1H3/t20-,29-,30+,34-/m0/s1. The molecule has 0 saturated carbocycles. The first kappa shape index (κ1) is 24.9. The van der Waals surface area contributed by atoms with Gasteiger partial charge >= 0.3 is 0 Å². The van der Waals surface area contributed by atoms with Crippen LogP contribution in [0.3, 0.4) is 0 Å². The quantitative estimate of drug-likeness (QED) is 0.388. The molecule has 0 unspecified atom stereocenters. The molecule has 2 fully saturated rings. The van der Waals surface area contributed by atoms with Gasteiger partial charge in [-0.05, 0) is 42.5 Å². The van der Waals surface area contributed by atoms with Gasteiger partial charge in [-0.2, -0.15) is 0 Å². The zero-order valence-corrected chi connectivity index (χ0v) is 23.0. The summed E-state index contributed by atoms with van der Waals surface area (Å²) < 4.78 is 0. The van der Waals surface area contributed by atoms with Crippen LogP contribution in [0.1, 0.15) is 18.1 Å². The van der Waals surface area contributed by atoms with Gasteiger partial charge in [-0.3, -0.25) is 24.5 Å². The molecule has 4 aliphatic rings. The molecule has 0 radical (unpaired) electrons. The Morgan fingerprint density at radius 2 is 1.52 bits per heavy atom. The summed E-state index contributed by atoms with van der Waals surface area (Å²) in [5.74, 6) is -2.94. The molecule has 4 heterocycles. The van der Waals surface area contributed by atoms with Crippen LogP contribution in [0.4, 0.5) is 17.1 Å². The van der Waals surface area contributed by atoms with Crippen molar-refractivity contribution in [2.24, 2.45) is 11.8 Å². The Hall–Kier alpha value is -4.82. The predicted molar refractivity (Wildman–Crippen MR) is 159 cm³/mol. The summed E-state index contributed by atoms with van der Waals surface area (Å²) in [7, 11) is 0. The van der Waals surface area contributed by atoms with E-state index in [-0.39, 0.29) is 24.3 Å². The van der Waals surface area contributed by atoms with Gasteiger partial charge in [0.05, 0.1) is 17.5 Å². The van der Waals surface area contributed by atoms with E-state index in [0.29, 0.717) is 23.5 Å². The normalized spacial score (nSPS) is 26.0. The van der Waals surface area contributed by atoms with E-state index in [9.17, 15) is 19.2 Å². The number of nitrogens with zero attached hydrogens (tertiary/aromatic N) is 3. The molecule has 4 aliphatic heterocycles. The summed E-state index contributed by atoms with van der Waals surface area (Å²) in [6, 6.07) is 27.9. The fraction of sp³-hybridized carbons (Fsp3) is 0.235. The Bertz CT molecular complexity index is 1850. The first-order valence-corrected chi connectivity index (χ1v) is 14.3. The second-order valence-electron chi connectivity index (χ2n) is 11.6. The number of amides is 4. The van der Waals surface area contributed by atoms with Crippen LogP contribution >= 0.6 is 0 Å². The SMILES string of the molecule is C[C@@H]1N[C@]2(C(=O)N(CC(=O)N3CCc4ccccc43)c3ccccc32)[C@H]2C(=O)N(c3cccc4ccccc34)C(=O)[C@@H]12. The number of nitrogens with one attached hydrogen (secondary N) is 1. The molecular formula is C34H28N4O4. The maximum atomic E-state index is 14.6. The van der Waals surface area contributed by atoms with Crippen molar-refractivity contribution < 1.29 is 19.2 Å². The lowest BCUT2D eigenvalue weighted by Gasteiger charge is -2.30. The van der Waals surface area contributed by atoms with Gasteiger partial charge in [0, 0.05) is 34.9 Å². The van der Waals surface area contributed by atoms with E-state index < -0.39 is 29.3 Å². The topological polar surface area (TPSA) is 90.0 Å². The van der Waals surface area contributed by atoms with Gasteiger partial charge in [-0.15, -0.1) is 0 Å². The van der Waals surface area contributed by atoms with Crippen molar-refractivity contribution in [1.82, 2.24) is 5.32 Å². The van der Waals surface area contributed by atoms with E-state index in [2.05, 4.69) is 5.32 Å². The van der Waals surface area contributed by atoms with Crippen molar-refractivity contribution in [2.75, 3.05) is 27.8 Å². The maximum Gasteiger partial charge on any atom is 0.253 e. The van der Waals surface area contributed by atoms with Gasteiger partial charge in [0.2, 0.25) is 17.7 Å². The van der Waals surface area contributed by atoms with E-state index in [1.165, 1.54) is 9.80 Å². The molecular weight excluding hydrogens is 528 g/mol. The minimum Gasteiger partial charge on any atom is -0.310 e. The average Bonchev–Trinajstić information content (AvgIpc) is 3.71. The fourth-order valence-electron chi connectivity index (χ4n) is 7.72. The third-order valence-corrected chi connectivity index (χ3v) is 9.50. The van der Waals surface area contributed by atoms with Crippen LogP contribution in [0.5, 0.6) is 0 Å². The zero-order chi connectivity index (χ0) is 28.7. The lowest BCUT2D eigenvalue weighted by Crippen LogP contribution is -2.56. The number of carbonyl (C=O) groups is 4. The summed E-state index contributed by atoms with van der Waals surface area (Å²) in [5, 5.41) is 5.13. The zero-order valence-electron chi connectivity index (χ0n) is 23.0. The van der Waals surface area contributed by atoms with Crippen molar-refractivity contribution in [2.45, 2.75) is 24.9 Å². The molecule has 208 valence electrons. The van der Waals surface area contributed by atoms with Crippen molar-refractivity contribution >= 4 is 51.5 Å². The van der Waals surface area contributed by atoms with Gasteiger partial charge in [0.1, 0.15) is 12.1 Å². The molecule has 1 spiro atoms. The highest BCUT2D eigenvalue weighted by Crippen LogP contribution is 2.55. The minimum absolute atomic E-state index is 0.158. The molecule has 42 heavy (non-hydrogen) atoms. The Balaban J connectivity index is 1.20. The van der Waals surface area contributed by atoms with Crippen LogP contribution in [0.15, 0.2) is 91.0 Å². The highest BCUT2D eigenvalue weighted by Gasteiger charge is 2.71. The van der Waals surface area contributed by atoms with Crippen LogP contribution in [0.25, 0.3) is 10.8 Å². The number of para-hydroxylation sites is 2. The second kappa shape index (κ2) is 8.84. The first-order valence-electron chi connectivity index (χ1n) is 14.3. The van der Waals surface area contributed by atoms with E-state index in [1.807, 2.05) is 91.9 Å². The largest absolute Gasteiger partial charge is 0.310 e. The van der Waals surface area contributed by atoms with E-state index >= 15 is 0 Å². The highest BCUT2D eigenvalue weighted by atomic mass is 16.2. The van der Waals surface area contributed by atoms with E-state index in [1.54, 1.807) is 11.0 Å². The summed E-state index contributed by atoms with van der Waals surface area (Å²) in [6.45, 7) is 2.25. The number of hydrogen-bond acceptors (Lipinski definition) is 5. The van der Waals surface area contributed by atoms with Gasteiger partial charge in [-0.25, -0.2) is 4.90 Å². The molecule has 2 saturated heterocycles. The van der Waals surface area contributed by atoms with Crippen molar-refractivity contribution in [3.05, 3.63) is 102 Å². The third-order valence-electron chi connectivity index (χ3n) is 9.50. The molecule has 4 aromatic carbocycles. The lowest BCUT2D eigenvalue weighted by molar-refractivity contribution is -0.132. The molecule has 0 aliphatic carbocycles. The molecule has 4 amide bonds. The number of rotatable bonds is 3. The molecule has 8 nitrogen and oxygen atoms in total. The van der Waals surface area contributed by atoms with Gasteiger partial charge in [-0.1, -0.05) is 72.8 Å². The van der Waals surface area contributed by atoms with Crippen LogP contribution < -0.4 is 20.0 Å². The maximum absolute atomic E-state index is 14.6. The fourth-order valence-corrected chi connectivity index (χ4v) is 7.72. The molecule has 0 aromatic heterocycles. The van der Waals surface area contributed by atoms with E-state index in [0.717, 1.165) is 28.4 Å². The Morgan fingerprint density at radius 1 is 0.833 bits per heavy atom. The van der Waals surface area contributed by atoms with Gasteiger partial charge < -0.3 is 9.80 Å². The molecule has 4 atom stereocenters. The van der Waals surface area contributed by atoms with Crippen LogP contribution in [0.2, 0.25) is 0 Å². The smallest absolute Gasteiger partial charge is 0.253 e. The van der Waals surface area contributed by atoms with E-state index in [4.69, 9.17) is 0 Å². The molecule has 8 heteroatoms. The number of fused-ring (bicyclic) bond motifs is 6. The first-order chi connectivity index (χ1) is 20.4. The number of anilines is 3. The third kappa shape index (κ3) is 3.15. The Labute approximate surface area is 242 Å². The number of imide groups is 1. The van der Waals surface area contributed by atoms with Crippen LogP contribution in [-0.4, -0.2) is 42.8 Å². The number of benzene rings is 4. The monoisotopic (exact) mass is 556 g/mol. The Morgan fingerprint density at radius 3 is 2.38 bits per heavy atom.